The van der Waals surface area contributed by atoms with Gasteiger partial charge in [0.1, 0.15) is 11.8 Å². The fraction of sp³-hybridized carbons (Fsp3) is 0.750. The molecule has 0 aliphatic rings. The molecule has 1 heterocycles. The van der Waals surface area contributed by atoms with Gasteiger partial charge in [-0.3, -0.25) is 4.68 Å². The first-order valence-corrected chi connectivity index (χ1v) is 6.23. The van der Waals surface area contributed by atoms with Gasteiger partial charge in [-0.2, -0.15) is 5.10 Å². The SMILES string of the molecule is CCCNCC(O)c1c(OC)cnn1CCC. The van der Waals surface area contributed by atoms with Crippen LogP contribution in [0.3, 0.4) is 0 Å². The van der Waals surface area contributed by atoms with E-state index in [1.54, 1.807) is 13.3 Å². The van der Waals surface area contributed by atoms with Crippen LogP contribution < -0.4 is 10.1 Å². The van der Waals surface area contributed by atoms with Crippen LogP contribution in [-0.4, -0.2) is 35.1 Å². The lowest BCUT2D eigenvalue weighted by atomic mass is 10.2. The summed E-state index contributed by atoms with van der Waals surface area (Å²) in [5.74, 6) is 0.657. The van der Waals surface area contributed by atoms with Crippen LogP contribution >= 0.6 is 0 Å². The molecule has 0 saturated heterocycles. The number of ether oxygens (including phenoxy) is 1. The molecule has 0 aliphatic carbocycles. The third kappa shape index (κ3) is 3.71. The van der Waals surface area contributed by atoms with E-state index in [2.05, 4.69) is 24.3 Å². The van der Waals surface area contributed by atoms with Crippen molar-refractivity contribution in [2.24, 2.45) is 0 Å². The fourth-order valence-electron chi connectivity index (χ4n) is 1.77. The highest BCUT2D eigenvalue weighted by molar-refractivity contribution is 5.27. The molecule has 0 spiro atoms. The number of aryl methyl sites for hydroxylation is 1. The highest BCUT2D eigenvalue weighted by atomic mass is 16.5. The van der Waals surface area contributed by atoms with Gasteiger partial charge in [0, 0.05) is 13.1 Å². The number of aliphatic hydroxyl groups excluding tert-OH is 1. The van der Waals surface area contributed by atoms with Crippen LogP contribution in [0.15, 0.2) is 6.20 Å². The van der Waals surface area contributed by atoms with Gasteiger partial charge in [-0.1, -0.05) is 13.8 Å². The van der Waals surface area contributed by atoms with Gasteiger partial charge in [0.15, 0.2) is 5.75 Å². The van der Waals surface area contributed by atoms with Crippen molar-refractivity contribution in [3.63, 3.8) is 0 Å². The lowest BCUT2D eigenvalue weighted by Crippen LogP contribution is -2.24. The van der Waals surface area contributed by atoms with Crippen molar-refractivity contribution in [2.75, 3.05) is 20.2 Å². The molecule has 5 nitrogen and oxygen atoms in total. The first kappa shape index (κ1) is 14.0. The van der Waals surface area contributed by atoms with E-state index in [1.807, 2.05) is 4.68 Å². The quantitative estimate of drug-likeness (QED) is 0.674. The van der Waals surface area contributed by atoms with E-state index in [-0.39, 0.29) is 0 Å². The van der Waals surface area contributed by atoms with Gasteiger partial charge >= 0.3 is 0 Å². The first-order chi connectivity index (χ1) is 8.24. The monoisotopic (exact) mass is 241 g/mol. The molecule has 0 aromatic carbocycles. The third-order valence-electron chi connectivity index (χ3n) is 2.58. The van der Waals surface area contributed by atoms with Crippen LogP contribution in [0.1, 0.15) is 38.5 Å². The zero-order chi connectivity index (χ0) is 12.7. The Morgan fingerprint density at radius 1 is 1.47 bits per heavy atom. The Hall–Kier alpha value is -1.07. The zero-order valence-electron chi connectivity index (χ0n) is 10.9. The first-order valence-electron chi connectivity index (χ1n) is 6.23. The Labute approximate surface area is 103 Å². The number of aliphatic hydroxyl groups is 1. The minimum Gasteiger partial charge on any atom is -0.493 e. The smallest absolute Gasteiger partial charge is 0.162 e. The predicted octanol–water partition coefficient (Wildman–Crippen LogP) is 1.33. The summed E-state index contributed by atoms with van der Waals surface area (Å²) in [5.41, 5.74) is 0.762. The molecule has 0 saturated carbocycles. The van der Waals surface area contributed by atoms with E-state index in [9.17, 15) is 5.11 Å². The van der Waals surface area contributed by atoms with Crippen LogP contribution in [0.25, 0.3) is 0 Å². The van der Waals surface area contributed by atoms with Crippen LogP contribution in [0.5, 0.6) is 5.75 Å². The lowest BCUT2D eigenvalue weighted by molar-refractivity contribution is 0.159. The predicted molar refractivity (Wildman–Crippen MR) is 67.2 cm³/mol. The maximum Gasteiger partial charge on any atom is 0.162 e. The second-order valence-corrected chi connectivity index (χ2v) is 4.04. The van der Waals surface area contributed by atoms with Crippen LogP contribution in [0.2, 0.25) is 0 Å². The molecule has 1 atom stereocenters. The average Bonchev–Trinajstić information content (AvgIpc) is 2.73. The summed E-state index contributed by atoms with van der Waals surface area (Å²) in [5, 5.41) is 17.6. The number of hydrogen-bond donors (Lipinski definition) is 2. The molecule has 0 aliphatic heterocycles. The zero-order valence-corrected chi connectivity index (χ0v) is 10.9. The second kappa shape index (κ2) is 7.29. The Morgan fingerprint density at radius 3 is 2.82 bits per heavy atom. The van der Waals surface area contributed by atoms with Crippen molar-refractivity contribution in [2.45, 2.75) is 39.3 Å². The molecular formula is C12H23N3O2. The number of methoxy groups -OCH3 is 1. The van der Waals surface area contributed by atoms with Gasteiger partial charge in [-0.05, 0) is 19.4 Å². The molecule has 1 unspecified atom stereocenters. The van der Waals surface area contributed by atoms with E-state index in [4.69, 9.17) is 4.74 Å². The largest absolute Gasteiger partial charge is 0.493 e. The Bertz CT molecular complexity index is 326. The highest BCUT2D eigenvalue weighted by Gasteiger charge is 2.19. The molecule has 5 heteroatoms. The molecule has 0 radical (unpaired) electrons. The van der Waals surface area contributed by atoms with Crippen molar-refractivity contribution in [3.8, 4) is 5.75 Å². The normalized spacial score (nSPS) is 12.7. The molecule has 0 bridgehead atoms. The van der Waals surface area contributed by atoms with Gasteiger partial charge in [0.25, 0.3) is 0 Å². The van der Waals surface area contributed by atoms with Crippen molar-refractivity contribution in [3.05, 3.63) is 11.9 Å². The van der Waals surface area contributed by atoms with Gasteiger partial charge < -0.3 is 15.2 Å². The number of hydrogen-bond acceptors (Lipinski definition) is 4. The molecule has 1 aromatic rings. The van der Waals surface area contributed by atoms with Crippen LogP contribution in [0.4, 0.5) is 0 Å². The summed E-state index contributed by atoms with van der Waals surface area (Å²) in [6.07, 6.45) is 3.12. The maximum atomic E-state index is 10.2. The number of nitrogens with zero attached hydrogens (tertiary/aromatic N) is 2. The van der Waals surface area contributed by atoms with E-state index in [1.165, 1.54) is 0 Å². The molecular weight excluding hydrogens is 218 g/mol. The van der Waals surface area contributed by atoms with Crippen LogP contribution in [0, 0.1) is 0 Å². The molecule has 2 N–H and O–H groups in total. The Balaban J connectivity index is 2.73. The molecule has 98 valence electrons. The van der Waals surface area contributed by atoms with E-state index < -0.39 is 6.10 Å². The number of nitrogens with one attached hydrogen (secondary N) is 1. The summed E-state index contributed by atoms with van der Waals surface area (Å²) < 4.78 is 7.05. The van der Waals surface area contributed by atoms with Crippen LogP contribution in [-0.2, 0) is 6.54 Å². The molecule has 17 heavy (non-hydrogen) atoms. The third-order valence-corrected chi connectivity index (χ3v) is 2.58. The summed E-state index contributed by atoms with van der Waals surface area (Å²) in [7, 11) is 1.60. The minimum atomic E-state index is -0.578. The number of rotatable bonds is 8. The molecule has 1 rings (SSSR count). The van der Waals surface area contributed by atoms with Crippen molar-refractivity contribution < 1.29 is 9.84 Å². The Morgan fingerprint density at radius 2 is 2.24 bits per heavy atom. The average molecular weight is 241 g/mol. The summed E-state index contributed by atoms with van der Waals surface area (Å²) in [4.78, 5) is 0. The summed E-state index contributed by atoms with van der Waals surface area (Å²) in [6, 6.07) is 0. The van der Waals surface area contributed by atoms with Gasteiger partial charge in [0.05, 0.1) is 13.3 Å². The topological polar surface area (TPSA) is 59.3 Å². The standard InChI is InChI=1S/C12H23N3O2/c1-4-6-13-8-10(16)12-11(17-3)9-14-15(12)7-5-2/h9-10,13,16H,4-8H2,1-3H3. The molecule has 0 amide bonds. The van der Waals surface area contributed by atoms with Crippen molar-refractivity contribution >= 4 is 0 Å². The summed E-state index contributed by atoms with van der Waals surface area (Å²) >= 11 is 0. The van der Waals surface area contributed by atoms with Gasteiger partial charge in [0.2, 0.25) is 0 Å². The Kier molecular flexibility index (Phi) is 6.00. The number of aromatic nitrogens is 2. The minimum absolute atomic E-state index is 0.527. The van der Waals surface area contributed by atoms with E-state index in [0.717, 1.165) is 31.6 Å². The van der Waals surface area contributed by atoms with E-state index >= 15 is 0 Å². The fourth-order valence-corrected chi connectivity index (χ4v) is 1.77. The molecule has 0 fully saturated rings. The maximum absolute atomic E-state index is 10.2. The van der Waals surface area contributed by atoms with Crippen molar-refractivity contribution in [1.29, 1.82) is 0 Å². The van der Waals surface area contributed by atoms with Crippen molar-refractivity contribution in [1.82, 2.24) is 15.1 Å². The van der Waals surface area contributed by atoms with E-state index in [0.29, 0.717) is 12.3 Å². The second-order valence-electron chi connectivity index (χ2n) is 4.04. The lowest BCUT2D eigenvalue weighted by Gasteiger charge is -2.15. The highest BCUT2D eigenvalue weighted by Crippen LogP contribution is 2.24. The summed E-state index contributed by atoms with van der Waals surface area (Å²) in [6.45, 7) is 6.41. The van der Waals surface area contributed by atoms with Gasteiger partial charge in [-0.15, -0.1) is 0 Å². The molecule has 1 aromatic heterocycles. The van der Waals surface area contributed by atoms with Gasteiger partial charge in [-0.25, -0.2) is 0 Å².